The monoisotopic (exact) mass is 306 g/mol. The van der Waals surface area contributed by atoms with E-state index in [2.05, 4.69) is 0 Å². The van der Waals surface area contributed by atoms with Crippen LogP contribution in [0.4, 0.5) is 0 Å². The second-order valence-corrected chi connectivity index (χ2v) is 4.55. The Morgan fingerprint density at radius 1 is 0.667 bits per heavy atom. The Hall–Kier alpha value is -2.24. The van der Waals surface area contributed by atoms with E-state index in [-0.39, 0.29) is 13.1 Å². The lowest BCUT2D eigenvalue weighted by Gasteiger charge is -2.35. The zero-order valence-electron chi connectivity index (χ0n) is 11.0. The summed E-state index contributed by atoms with van der Waals surface area (Å²) in [7, 11) is 0. The second-order valence-electron chi connectivity index (χ2n) is 4.55. The fraction of sp³-hybridized carbons (Fsp3) is 0.600. The molecule has 21 heavy (non-hydrogen) atoms. The van der Waals surface area contributed by atoms with Crippen LogP contribution in [0, 0.1) is 0 Å². The molecule has 1 aliphatic heterocycles. The molecule has 0 aliphatic carbocycles. The van der Waals surface area contributed by atoms with Crippen LogP contribution in [0.1, 0.15) is 0 Å². The molecule has 11 heteroatoms. The van der Waals surface area contributed by atoms with Gasteiger partial charge in [-0.15, -0.1) is 10.0 Å². The molecule has 0 aromatic carbocycles. The molecule has 0 saturated carbocycles. The summed E-state index contributed by atoms with van der Waals surface area (Å²) in [4.78, 5) is 43.3. The van der Waals surface area contributed by atoms with E-state index < -0.39 is 54.8 Å². The fourth-order valence-electron chi connectivity index (χ4n) is 2.10. The van der Waals surface area contributed by atoms with Gasteiger partial charge < -0.3 is 20.4 Å². The van der Waals surface area contributed by atoms with Crippen LogP contribution in [0.2, 0.25) is 0 Å². The molecule has 0 radical (unpaired) electrons. The van der Waals surface area contributed by atoms with Crippen molar-refractivity contribution < 1.29 is 44.3 Å². The van der Waals surface area contributed by atoms with Crippen molar-refractivity contribution in [1.29, 1.82) is 0 Å². The number of nitrogens with zero attached hydrogens (tertiary/aromatic N) is 3. The van der Waals surface area contributed by atoms with Gasteiger partial charge >= 0.3 is 23.9 Å². The zero-order chi connectivity index (χ0) is 16.2. The summed E-state index contributed by atoms with van der Waals surface area (Å²) in [6.45, 7) is -2.05. The fourth-order valence-corrected chi connectivity index (χ4v) is 2.10. The van der Waals surface area contributed by atoms with Gasteiger partial charge in [0.25, 0.3) is 0 Å². The van der Waals surface area contributed by atoms with Gasteiger partial charge in [0.15, 0.2) is 13.1 Å². The third-order valence-electron chi connectivity index (χ3n) is 2.95. The zero-order valence-corrected chi connectivity index (χ0v) is 11.0. The lowest BCUT2D eigenvalue weighted by atomic mass is 10.5. The molecule has 1 aliphatic rings. The van der Waals surface area contributed by atoms with E-state index in [0.717, 1.165) is 10.0 Å². The SMILES string of the molecule is O=C(O)CN(CC(=O)O)[N+]1(N(CC(=O)O)CC(=O)O)CC1. The van der Waals surface area contributed by atoms with Crippen molar-refractivity contribution in [1.82, 2.24) is 10.0 Å². The molecule has 4 N–H and O–H groups in total. The summed E-state index contributed by atoms with van der Waals surface area (Å²) in [5.74, 6) is -5.14. The van der Waals surface area contributed by atoms with Crippen molar-refractivity contribution in [2.75, 3.05) is 39.3 Å². The second kappa shape index (κ2) is 6.47. The number of carboxylic acids is 4. The van der Waals surface area contributed by atoms with Crippen LogP contribution in [0.3, 0.4) is 0 Å². The molecule has 1 fully saturated rings. The Labute approximate surface area is 118 Å². The first kappa shape index (κ1) is 16.8. The Morgan fingerprint density at radius 2 is 0.905 bits per heavy atom. The molecule has 0 amide bonds. The van der Waals surface area contributed by atoms with E-state index in [1.165, 1.54) is 0 Å². The largest absolute Gasteiger partial charge is 0.480 e. The van der Waals surface area contributed by atoms with Gasteiger partial charge in [0, 0.05) is 0 Å². The lowest BCUT2D eigenvalue weighted by Crippen LogP contribution is -2.61. The van der Waals surface area contributed by atoms with Crippen LogP contribution < -0.4 is 0 Å². The van der Waals surface area contributed by atoms with Gasteiger partial charge in [0.2, 0.25) is 0 Å². The summed E-state index contributed by atoms with van der Waals surface area (Å²) in [6.07, 6.45) is 0. The molecule has 11 nitrogen and oxygen atoms in total. The molecule has 0 atom stereocenters. The first-order valence-corrected chi connectivity index (χ1v) is 5.92. The van der Waals surface area contributed by atoms with Crippen LogP contribution in [-0.2, 0) is 19.2 Å². The predicted octanol–water partition coefficient (Wildman–Crippen LogP) is -2.41. The average molecular weight is 306 g/mol. The van der Waals surface area contributed by atoms with Gasteiger partial charge in [-0.2, -0.15) is 4.70 Å². The summed E-state index contributed by atoms with van der Waals surface area (Å²) in [5.41, 5.74) is 0. The number of quaternary nitrogens is 1. The minimum absolute atomic E-state index is 0.251. The smallest absolute Gasteiger partial charge is 0.323 e. The minimum Gasteiger partial charge on any atom is -0.480 e. The summed E-state index contributed by atoms with van der Waals surface area (Å²) >= 11 is 0. The maximum absolute atomic E-state index is 10.8. The third-order valence-corrected chi connectivity index (χ3v) is 2.95. The Kier molecular flexibility index (Phi) is 5.18. The van der Waals surface area contributed by atoms with Crippen molar-refractivity contribution in [3.8, 4) is 0 Å². The van der Waals surface area contributed by atoms with E-state index >= 15 is 0 Å². The molecule has 1 saturated heterocycles. The van der Waals surface area contributed by atoms with Gasteiger partial charge in [-0.05, 0) is 0 Å². The van der Waals surface area contributed by atoms with Crippen molar-refractivity contribution in [3.05, 3.63) is 0 Å². The molecule has 0 bridgehead atoms. The highest BCUT2D eigenvalue weighted by molar-refractivity contribution is 5.73. The highest BCUT2D eigenvalue weighted by atomic mass is 16.4. The van der Waals surface area contributed by atoms with Gasteiger partial charge in [-0.1, -0.05) is 0 Å². The van der Waals surface area contributed by atoms with Crippen molar-refractivity contribution in [2.45, 2.75) is 0 Å². The Balaban J connectivity index is 2.99. The molecule has 1 heterocycles. The normalized spacial score (nSPS) is 15.9. The number of rotatable bonds is 10. The van der Waals surface area contributed by atoms with Crippen molar-refractivity contribution in [3.63, 3.8) is 0 Å². The van der Waals surface area contributed by atoms with Crippen LogP contribution in [0.15, 0.2) is 0 Å². The topological polar surface area (TPSA) is 156 Å². The number of aliphatic carboxylic acids is 4. The van der Waals surface area contributed by atoms with E-state index in [1.807, 2.05) is 0 Å². The van der Waals surface area contributed by atoms with Crippen LogP contribution >= 0.6 is 0 Å². The molecule has 0 aromatic rings. The standard InChI is InChI=1S/C10H15N3O8/c14-7(15)3-11(4-8(16)17)13(1-2-13)12(5-9(18)19)6-10(20)21/h1-6H2,(H3-,14,15,16,17,18,19,20,21)/p+1. The maximum atomic E-state index is 10.8. The molecule has 1 rings (SSSR count). The minimum atomic E-state index is -1.29. The summed E-state index contributed by atoms with van der Waals surface area (Å²) in [6, 6.07) is 0. The number of hydrogen-bond acceptors (Lipinski definition) is 6. The van der Waals surface area contributed by atoms with Crippen molar-refractivity contribution in [2.24, 2.45) is 0 Å². The summed E-state index contributed by atoms with van der Waals surface area (Å²) < 4.78 is -0.392. The summed E-state index contributed by atoms with van der Waals surface area (Å²) in [5, 5.41) is 37.4. The molecule has 0 aromatic heterocycles. The highest BCUT2D eigenvalue weighted by Crippen LogP contribution is 2.28. The average Bonchev–Trinajstić information content (AvgIpc) is 3.05. The number of carboxylic acid groups (broad SMARTS) is 4. The van der Waals surface area contributed by atoms with Gasteiger partial charge in [0.05, 0.1) is 0 Å². The Morgan fingerprint density at radius 3 is 1.05 bits per heavy atom. The molecular weight excluding hydrogens is 290 g/mol. The van der Waals surface area contributed by atoms with E-state index in [9.17, 15) is 19.2 Å². The maximum Gasteiger partial charge on any atom is 0.323 e. The van der Waals surface area contributed by atoms with E-state index in [1.54, 1.807) is 0 Å². The third kappa shape index (κ3) is 4.66. The first-order chi connectivity index (χ1) is 9.67. The Bertz CT molecular complexity index is 391. The molecular formula is C10H16N3O8+. The molecule has 0 unspecified atom stereocenters. The molecule has 118 valence electrons. The quantitative estimate of drug-likeness (QED) is 0.253. The van der Waals surface area contributed by atoms with Gasteiger partial charge in [-0.25, -0.2) is 0 Å². The van der Waals surface area contributed by atoms with Crippen molar-refractivity contribution >= 4 is 23.9 Å². The van der Waals surface area contributed by atoms with Crippen LogP contribution in [0.5, 0.6) is 0 Å². The number of carbonyl (C=O) groups is 4. The first-order valence-electron chi connectivity index (χ1n) is 5.92. The van der Waals surface area contributed by atoms with Crippen LogP contribution in [-0.4, -0.2) is 98.3 Å². The van der Waals surface area contributed by atoms with E-state index in [0.29, 0.717) is 0 Å². The van der Waals surface area contributed by atoms with Gasteiger partial charge in [-0.3, -0.25) is 19.2 Å². The van der Waals surface area contributed by atoms with Crippen LogP contribution in [0.25, 0.3) is 0 Å². The highest BCUT2D eigenvalue weighted by Gasteiger charge is 2.56. The predicted molar refractivity (Wildman–Crippen MR) is 63.7 cm³/mol. The van der Waals surface area contributed by atoms with E-state index in [4.69, 9.17) is 20.4 Å². The lowest BCUT2D eigenvalue weighted by molar-refractivity contribution is -1.02. The number of hydrogen-bond donors (Lipinski definition) is 4. The molecule has 0 spiro atoms. The van der Waals surface area contributed by atoms with Gasteiger partial charge in [0.1, 0.15) is 26.2 Å².